The molecule has 0 spiro atoms. The second-order valence-corrected chi connectivity index (χ2v) is 5.35. The zero-order valence-electron chi connectivity index (χ0n) is 13.4. The summed E-state index contributed by atoms with van der Waals surface area (Å²) in [6.45, 7) is 2.00. The van der Waals surface area contributed by atoms with E-state index in [9.17, 15) is 13.2 Å². The Balaban J connectivity index is 2.03. The lowest BCUT2D eigenvalue weighted by molar-refractivity contribution is -0.141. The van der Waals surface area contributed by atoms with Crippen molar-refractivity contribution in [3.05, 3.63) is 66.0 Å². The quantitative estimate of drug-likeness (QED) is 0.734. The van der Waals surface area contributed by atoms with Crippen molar-refractivity contribution in [2.24, 2.45) is 0 Å². The van der Waals surface area contributed by atoms with Crippen LogP contribution >= 0.6 is 0 Å². The van der Waals surface area contributed by atoms with E-state index in [0.29, 0.717) is 5.69 Å². The minimum absolute atomic E-state index is 0.0660. The highest BCUT2D eigenvalue weighted by Gasteiger charge is 2.34. The van der Waals surface area contributed by atoms with Crippen LogP contribution in [-0.4, -0.2) is 15.0 Å². The average molecular weight is 344 g/mol. The Morgan fingerprint density at radius 2 is 1.84 bits per heavy atom. The summed E-state index contributed by atoms with van der Waals surface area (Å²) in [5.41, 5.74) is 0.995. The molecule has 0 radical (unpaired) electrons. The molecule has 0 bridgehead atoms. The monoisotopic (exact) mass is 344 g/mol. The van der Waals surface area contributed by atoms with Crippen LogP contribution in [-0.2, 0) is 12.6 Å². The van der Waals surface area contributed by atoms with Crippen LogP contribution in [0.3, 0.4) is 0 Å². The molecule has 0 aliphatic carbocycles. The SMILES string of the molecule is CCc1cccc(Nc2cc(C(F)(F)F)nc(-c3ccccn3)n2)c1. The zero-order valence-corrected chi connectivity index (χ0v) is 13.4. The summed E-state index contributed by atoms with van der Waals surface area (Å²) in [6, 6.07) is 13.2. The van der Waals surface area contributed by atoms with Gasteiger partial charge in [-0.25, -0.2) is 9.97 Å². The number of halogens is 3. The maximum absolute atomic E-state index is 13.2. The molecule has 4 nitrogen and oxygen atoms in total. The van der Waals surface area contributed by atoms with E-state index in [4.69, 9.17) is 0 Å². The number of nitrogens with zero attached hydrogens (tertiary/aromatic N) is 3. The number of aromatic nitrogens is 3. The molecule has 0 saturated heterocycles. The number of hydrogen-bond acceptors (Lipinski definition) is 4. The second kappa shape index (κ2) is 6.88. The number of rotatable bonds is 4. The van der Waals surface area contributed by atoms with Crippen LogP contribution in [0.5, 0.6) is 0 Å². The van der Waals surface area contributed by atoms with Crippen molar-refractivity contribution in [1.29, 1.82) is 0 Å². The van der Waals surface area contributed by atoms with Crippen molar-refractivity contribution in [2.75, 3.05) is 5.32 Å². The van der Waals surface area contributed by atoms with Crippen LogP contribution in [0.15, 0.2) is 54.7 Å². The first kappa shape index (κ1) is 16.9. The van der Waals surface area contributed by atoms with E-state index in [2.05, 4.69) is 20.3 Å². The number of hydrogen-bond donors (Lipinski definition) is 1. The first-order chi connectivity index (χ1) is 12.0. The summed E-state index contributed by atoms with van der Waals surface area (Å²) < 4.78 is 39.5. The lowest BCUT2D eigenvalue weighted by atomic mass is 10.1. The third kappa shape index (κ3) is 4.12. The number of pyridine rings is 1. The predicted octanol–water partition coefficient (Wildman–Crippen LogP) is 4.86. The third-order valence-corrected chi connectivity index (χ3v) is 3.52. The Bertz CT molecular complexity index is 864. The van der Waals surface area contributed by atoms with Gasteiger partial charge in [0.2, 0.25) is 0 Å². The minimum atomic E-state index is -4.58. The smallest absolute Gasteiger partial charge is 0.340 e. The number of aryl methyl sites for hydroxylation is 1. The lowest BCUT2D eigenvalue weighted by Gasteiger charge is -2.12. The fraction of sp³-hybridized carbons (Fsp3) is 0.167. The van der Waals surface area contributed by atoms with Crippen LogP contribution in [0.2, 0.25) is 0 Å². The Kier molecular flexibility index (Phi) is 4.65. The Labute approximate surface area is 142 Å². The summed E-state index contributed by atoms with van der Waals surface area (Å²) in [4.78, 5) is 11.8. The summed E-state index contributed by atoms with van der Waals surface area (Å²) in [5, 5.41) is 2.92. The first-order valence-corrected chi connectivity index (χ1v) is 7.69. The van der Waals surface area contributed by atoms with E-state index in [1.807, 2.05) is 25.1 Å². The number of alkyl halides is 3. The molecule has 3 rings (SSSR count). The van der Waals surface area contributed by atoms with Gasteiger partial charge in [0.15, 0.2) is 11.5 Å². The molecule has 2 heterocycles. The molecule has 0 fully saturated rings. The van der Waals surface area contributed by atoms with Gasteiger partial charge in [-0.3, -0.25) is 4.98 Å². The first-order valence-electron chi connectivity index (χ1n) is 7.69. The molecule has 0 aliphatic heterocycles. The molecule has 25 heavy (non-hydrogen) atoms. The largest absolute Gasteiger partial charge is 0.433 e. The fourth-order valence-electron chi connectivity index (χ4n) is 2.28. The molecule has 7 heteroatoms. The van der Waals surface area contributed by atoms with Crippen LogP contribution in [0.25, 0.3) is 11.5 Å². The van der Waals surface area contributed by atoms with Gasteiger partial charge in [0.25, 0.3) is 0 Å². The van der Waals surface area contributed by atoms with E-state index in [1.54, 1.807) is 24.3 Å². The Morgan fingerprint density at radius 1 is 1.00 bits per heavy atom. The van der Waals surface area contributed by atoms with Crippen LogP contribution in [0.4, 0.5) is 24.7 Å². The molecule has 3 aromatic rings. The van der Waals surface area contributed by atoms with Crippen molar-refractivity contribution in [1.82, 2.24) is 15.0 Å². The number of nitrogens with one attached hydrogen (secondary N) is 1. The van der Waals surface area contributed by atoms with E-state index < -0.39 is 11.9 Å². The van der Waals surface area contributed by atoms with Gasteiger partial charge in [-0.1, -0.05) is 25.1 Å². The molecule has 0 aliphatic rings. The van der Waals surface area contributed by atoms with Crippen LogP contribution in [0.1, 0.15) is 18.2 Å². The average Bonchev–Trinajstić information content (AvgIpc) is 2.61. The van der Waals surface area contributed by atoms with Crippen molar-refractivity contribution < 1.29 is 13.2 Å². The van der Waals surface area contributed by atoms with Crippen molar-refractivity contribution in [3.63, 3.8) is 0 Å². The minimum Gasteiger partial charge on any atom is -0.340 e. The Morgan fingerprint density at radius 3 is 2.52 bits per heavy atom. The number of anilines is 2. The molecule has 0 saturated carbocycles. The molecule has 0 atom stereocenters. The van der Waals surface area contributed by atoms with Gasteiger partial charge in [0, 0.05) is 18.0 Å². The maximum atomic E-state index is 13.2. The molecular formula is C18H15F3N4. The molecule has 2 aromatic heterocycles. The lowest BCUT2D eigenvalue weighted by Crippen LogP contribution is -2.11. The molecular weight excluding hydrogens is 329 g/mol. The van der Waals surface area contributed by atoms with Crippen molar-refractivity contribution >= 4 is 11.5 Å². The topological polar surface area (TPSA) is 50.7 Å². The van der Waals surface area contributed by atoms with E-state index >= 15 is 0 Å². The number of benzene rings is 1. The summed E-state index contributed by atoms with van der Waals surface area (Å²) in [5.74, 6) is -0.0131. The molecule has 1 aromatic carbocycles. The Hall–Kier alpha value is -2.96. The zero-order chi connectivity index (χ0) is 17.9. The second-order valence-electron chi connectivity index (χ2n) is 5.35. The highest BCUT2D eigenvalue weighted by molar-refractivity contribution is 5.60. The highest BCUT2D eigenvalue weighted by atomic mass is 19.4. The maximum Gasteiger partial charge on any atom is 0.433 e. The van der Waals surface area contributed by atoms with Crippen LogP contribution in [0, 0.1) is 0 Å². The van der Waals surface area contributed by atoms with Gasteiger partial charge >= 0.3 is 6.18 Å². The van der Waals surface area contributed by atoms with E-state index in [1.165, 1.54) is 6.20 Å². The van der Waals surface area contributed by atoms with Crippen molar-refractivity contribution in [3.8, 4) is 11.5 Å². The molecule has 1 N–H and O–H groups in total. The standard InChI is InChI=1S/C18H15F3N4/c1-2-12-6-5-7-13(10-12)23-16-11-15(18(19,20)21)24-17(25-16)14-8-3-4-9-22-14/h3-11H,2H2,1H3,(H,23,24,25). The van der Waals surface area contributed by atoms with E-state index in [-0.39, 0.29) is 17.3 Å². The van der Waals surface area contributed by atoms with E-state index in [0.717, 1.165) is 18.1 Å². The van der Waals surface area contributed by atoms with Gasteiger partial charge < -0.3 is 5.32 Å². The van der Waals surface area contributed by atoms with Gasteiger partial charge in [-0.2, -0.15) is 13.2 Å². The van der Waals surface area contributed by atoms with Gasteiger partial charge in [0.05, 0.1) is 0 Å². The van der Waals surface area contributed by atoms with Gasteiger partial charge in [-0.05, 0) is 36.2 Å². The highest BCUT2D eigenvalue weighted by Crippen LogP contribution is 2.31. The fourth-order valence-corrected chi connectivity index (χ4v) is 2.28. The van der Waals surface area contributed by atoms with Gasteiger partial charge in [-0.15, -0.1) is 0 Å². The molecule has 0 amide bonds. The van der Waals surface area contributed by atoms with Crippen molar-refractivity contribution in [2.45, 2.75) is 19.5 Å². The van der Waals surface area contributed by atoms with Gasteiger partial charge in [0.1, 0.15) is 11.5 Å². The normalized spacial score (nSPS) is 11.4. The summed E-state index contributed by atoms with van der Waals surface area (Å²) in [6.07, 6.45) is -2.27. The predicted molar refractivity (Wildman–Crippen MR) is 89.4 cm³/mol. The molecule has 0 unspecified atom stereocenters. The van der Waals surface area contributed by atoms with Crippen LogP contribution < -0.4 is 5.32 Å². The summed E-state index contributed by atoms with van der Waals surface area (Å²) in [7, 11) is 0. The summed E-state index contributed by atoms with van der Waals surface area (Å²) >= 11 is 0. The molecule has 128 valence electrons. The third-order valence-electron chi connectivity index (χ3n) is 3.52.